The molecule has 170 valence electrons. The second kappa shape index (κ2) is 8.58. The highest BCUT2D eigenvalue weighted by atomic mass is 32.2. The topological polar surface area (TPSA) is 63.4 Å². The number of rotatable bonds is 3. The highest BCUT2D eigenvalue weighted by molar-refractivity contribution is 8.00. The Hall–Kier alpha value is -2.27. The van der Waals surface area contributed by atoms with Crippen LogP contribution in [-0.2, 0) is 17.4 Å². The van der Waals surface area contributed by atoms with E-state index in [9.17, 15) is 18.0 Å². The molecule has 0 aliphatic carbocycles. The van der Waals surface area contributed by atoms with Gasteiger partial charge >= 0.3 is 6.18 Å². The molecule has 2 aromatic heterocycles. The fourth-order valence-electron chi connectivity index (χ4n) is 3.75. The molecule has 0 bridgehead atoms. The van der Waals surface area contributed by atoms with E-state index in [1.165, 1.54) is 34.5 Å². The van der Waals surface area contributed by atoms with E-state index in [0.717, 1.165) is 17.8 Å². The second-order valence-electron chi connectivity index (χ2n) is 7.69. The Labute approximate surface area is 192 Å². The summed E-state index contributed by atoms with van der Waals surface area (Å²) in [5, 5.41) is 5.17. The molecule has 32 heavy (non-hydrogen) atoms. The van der Waals surface area contributed by atoms with Crippen LogP contribution in [-0.4, -0.2) is 43.5 Å². The molecule has 0 fully saturated rings. The molecule has 0 N–H and O–H groups in total. The fourth-order valence-corrected chi connectivity index (χ4v) is 5.18. The third-order valence-electron chi connectivity index (χ3n) is 5.51. The second-order valence-corrected chi connectivity index (χ2v) is 9.94. The first-order valence-electron chi connectivity index (χ1n) is 10.0. The van der Waals surface area contributed by atoms with Crippen molar-refractivity contribution in [2.24, 2.45) is 0 Å². The first-order valence-corrected chi connectivity index (χ1v) is 12.1. The number of thioether (sulfide) groups is 2. The number of anilines is 1. The van der Waals surface area contributed by atoms with E-state index in [2.05, 4.69) is 15.1 Å². The number of amides is 1. The molecule has 3 aromatic rings. The van der Waals surface area contributed by atoms with Gasteiger partial charge in [-0.05, 0) is 44.7 Å². The lowest BCUT2D eigenvalue weighted by molar-refractivity contribution is -0.137. The number of benzene rings is 1. The zero-order valence-electron chi connectivity index (χ0n) is 18.0. The maximum absolute atomic E-state index is 13.4. The van der Waals surface area contributed by atoms with Gasteiger partial charge in [-0.1, -0.05) is 18.7 Å². The van der Waals surface area contributed by atoms with Crippen LogP contribution in [0.5, 0.6) is 0 Å². The molecule has 1 aromatic carbocycles. The zero-order valence-corrected chi connectivity index (χ0v) is 19.7. The van der Waals surface area contributed by atoms with Crippen molar-refractivity contribution in [2.45, 2.75) is 55.1 Å². The molecule has 11 heteroatoms. The van der Waals surface area contributed by atoms with Gasteiger partial charge in [0.15, 0.2) is 0 Å². The maximum Gasteiger partial charge on any atom is 0.416 e. The molecule has 6 nitrogen and oxygen atoms in total. The van der Waals surface area contributed by atoms with Crippen LogP contribution in [0.15, 0.2) is 28.3 Å². The number of nitrogens with zero attached hydrogens (tertiary/aromatic N) is 5. The Bertz CT molecular complexity index is 1190. The first-order chi connectivity index (χ1) is 15.1. The number of fused-ring (bicyclic) bond motifs is 2. The molecule has 0 saturated heterocycles. The van der Waals surface area contributed by atoms with Gasteiger partial charge in [0.25, 0.3) is 5.78 Å². The average molecular weight is 482 g/mol. The lowest BCUT2D eigenvalue weighted by Crippen LogP contribution is -2.34. The molecule has 1 unspecified atom stereocenters. The minimum absolute atomic E-state index is 0.0177. The number of aromatic nitrogens is 4. The van der Waals surface area contributed by atoms with Crippen molar-refractivity contribution in [1.29, 1.82) is 0 Å². The summed E-state index contributed by atoms with van der Waals surface area (Å²) in [5.41, 5.74) is 1.67. The molecule has 3 heterocycles. The summed E-state index contributed by atoms with van der Waals surface area (Å²) in [6.45, 7) is 6.02. The number of hydrogen-bond acceptors (Lipinski definition) is 6. The van der Waals surface area contributed by atoms with Gasteiger partial charge in [0.2, 0.25) is 11.1 Å². The zero-order chi connectivity index (χ0) is 23.2. The normalized spacial score (nSPS) is 16.8. The van der Waals surface area contributed by atoms with Crippen LogP contribution < -0.4 is 4.90 Å². The first kappa shape index (κ1) is 22.9. The van der Waals surface area contributed by atoms with E-state index in [-0.39, 0.29) is 17.6 Å². The third-order valence-corrected chi connectivity index (χ3v) is 7.28. The van der Waals surface area contributed by atoms with Crippen molar-refractivity contribution in [3.05, 3.63) is 40.7 Å². The van der Waals surface area contributed by atoms with Gasteiger partial charge in [0, 0.05) is 33.6 Å². The molecule has 1 aliphatic rings. The summed E-state index contributed by atoms with van der Waals surface area (Å²) in [4.78, 5) is 24.4. The van der Waals surface area contributed by atoms with Crippen molar-refractivity contribution in [3.8, 4) is 0 Å². The van der Waals surface area contributed by atoms with Gasteiger partial charge in [-0.3, -0.25) is 4.79 Å². The van der Waals surface area contributed by atoms with E-state index in [4.69, 9.17) is 0 Å². The highest BCUT2D eigenvalue weighted by Gasteiger charge is 2.33. The Morgan fingerprint density at radius 3 is 2.72 bits per heavy atom. The molecule has 1 atom stereocenters. The van der Waals surface area contributed by atoms with E-state index < -0.39 is 11.7 Å². The molecular weight excluding hydrogens is 459 g/mol. The molecule has 4 rings (SSSR count). The smallest absolute Gasteiger partial charge is 0.311 e. The number of carbonyl (C=O) groups is 1. The molecule has 0 radical (unpaired) electrons. The van der Waals surface area contributed by atoms with Crippen LogP contribution >= 0.6 is 23.5 Å². The summed E-state index contributed by atoms with van der Waals surface area (Å²) >= 11 is 2.89. The Kier molecular flexibility index (Phi) is 6.15. The van der Waals surface area contributed by atoms with Crippen LogP contribution in [0.3, 0.4) is 0 Å². The minimum Gasteiger partial charge on any atom is -0.311 e. The van der Waals surface area contributed by atoms with Crippen molar-refractivity contribution in [3.63, 3.8) is 0 Å². The average Bonchev–Trinajstić information content (AvgIpc) is 3.06. The number of aryl methyl sites for hydroxylation is 2. The van der Waals surface area contributed by atoms with E-state index >= 15 is 0 Å². The van der Waals surface area contributed by atoms with Gasteiger partial charge in [-0.2, -0.15) is 18.2 Å². The minimum atomic E-state index is -4.48. The standard InChI is InChI=1S/C21H22F3N5OS2/c1-11-7-8-28(16-9-14(21(22,23)24)5-6-17(16)32-11)18(30)10-15-12(2)25-19-26-20(31-4)27-29(19)13(15)3/h5-6,9,11H,7-8,10H2,1-4H3. The van der Waals surface area contributed by atoms with Crippen molar-refractivity contribution >= 4 is 40.9 Å². The largest absolute Gasteiger partial charge is 0.416 e. The van der Waals surface area contributed by atoms with Crippen LogP contribution in [0, 0.1) is 13.8 Å². The molecule has 1 aliphatic heterocycles. The summed E-state index contributed by atoms with van der Waals surface area (Å²) in [5.74, 6) is 0.193. The van der Waals surface area contributed by atoms with Crippen molar-refractivity contribution < 1.29 is 18.0 Å². The van der Waals surface area contributed by atoms with Gasteiger partial charge in [0.05, 0.1) is 17.7 Å². The molecular formula is C21H22F3N5OS2. The Morgan fingerprint density at radius 2 is 2.03 bits per heavy atom. The molecule has 0 spiro atoms. The number of hydrogen-bond donors (Lipinski definition) is 0. The summed E-state index contributed by atoms with van der Waals surface area (Å²) in [6, 6.07) is 3.63. The Morgan fingerprint density at radius 1 is 1.28 bits per heavy atom. The van der Waals surface area contributed by atoms with Crippen LogP contribution in [0.2, 0.25) is 0 Å². The fraction of sp³-hybridized carbons (Fsp3) is 0.429. The van der Waals surface area contributed by atoms with Crippen molar-refractivity contribution in [1.82, 2.24) is 19.6 Å². The SMILES string of the molecule is CSc1nc2nc(C)c(CC(=O)N3CCC(C)Sc4ccc(C(F)(F)F)cc43)c(C)n2n1. The predicted octanol–water partition coefficient (Wildman–Crippen LogP) is 4.94. The van der Waals surface area contributed by atoms with Gasteiger partial charge in [-0.25, -0.2) is 9.50 Å². The quantitative estimate of drug-likeness (QED) is 0.494. The molecule has 0 saturated carbocycles. The van der Waals surface area contributed by atoms with Gasteiger partial charge < -0.3 is 4.90 Å². The van der Waals surface area contributed by atoms with Crippen LogP contribution in [0.1, 0.15) is 35.9 Å². The lowest BCUT2D eigenvalue weighted by atomic mass is 10.1. The highest BCUT2D eigenvalue weighted by Crippen LogP contribution is 2.41. The summed E-state index contributed by atoms with van der Waals surface area (Å²) in [7, 11) is 0. The maximum atomic E-state index is 13.4. The van der Waals surface area contributed by atoms with Crippen molar-refractivity contribution in [2.75, 3.05) is 17.7 Å². The van der Waals surface area contributed by atoms with E-state index in [1.54, 1.807) is 11.4 Å². The van der Waals surface area contributed by atoms with Crippen LogP contribution in [0.25, 0.3) is 5.78 Å². The van der Waals surface area contributed by atoms with Gasteiger partial charge in [-0.15, -0.1) is 16.9 Å². The monoisotopic (exact) mass is 481 g/mol. The number of carbonyl (C=O) groups excluding carboxylic acids is 1. The number of alkyl halides is 3. The summed E-state index contributed by atoms with van der Waals surface area (Å²) < 4.78 is 41.7. The Balaban J connectivity index is 1.72. The predicted molar refractivity (Wildman–Crippen MR) is 119 cm³/mol. The van der Waals surface area contributed by atoms with Gasteiger partial charge in [0.1, 0.15) is 0 Å². The third kappa shape index (κ3) is 4.32. The summed E-state index contributed by atoms with van der Waals surface area (Å²) in [6.07, 6.45) is -1.91. The molecule has 1 amide bonds. The van der Waals surface area contributed by atoms with E-state index in [1.807, 2.05) is 20.1 Å². The number of halogens is 3. The van der Waals surface area contributed by atoms with E-state index in [0.29, 0.717) is 45.7 Å². The lowest BCUT2D eigenvalue weighted by Gasteiger charge is -2.24. The van der Waals surface area contributed by atoms with Crippen LogP contribution in [0.4, 0.5) is 18.9 Å².